The van der Waals surface area contributed by atoms with Gasteiger partial charge in [0.25, 0.3) is 5.56 Å². The van der Waals surface area contributed by atoms with E-state index in [2.05, 4.69) is 6.07 Å². The van der Waals surface area contributed by atoms with Gasteiger partial charge in [0.05, 0.1) is 35.3 Å². The van der Waals surface area contributed by atoms with Crippen LogP contribution in [-0.2, 0) is 5.75 Å². The maximum atomic E-state index is 13.5. The molecule has 4 aromatic rings. The summed E-state index contributed by atoms with van der Waals surface area (Å²) < 4.78 is 7.09. The van der Waals surface area contributed by atoms with Gasteiger partial charge in [0.1, 0.15) is 5.75 Å². The lowest BCUT2D eigenvalue weighted by atomic mass is 10.1. The van der Waals surface area contributed by atoms with Crippen molar-refractivity contribution in [2.45, 2.75) is 17.8 Å². The number of para-hydroxylation sites is 1. The Morgan fingerprint density at radius 3 is 2.68 bits per heavy atom. The van der Waals surface area contributed by atoms with Gasteiger partial charge in [0.2, 0.25) is 0 Å². The first-order chi connectivity index (χ1) is 15.0. The molecule has 0 spiro atoms. The second-order valence-electron chi connectivity index (χ2n) is 6.88. The molecule has 0 bridgehead atoms. The van der Waals surface area contributed by atoms with Gasteiger partial charge in [-0.3, -0.25) is 9.36 Å². The van der Waals surface area contributed by atoms with Crippen LogP contribution in [0.3, 0.4) is 0 Å². The predicted octanol–water partition coefficient (Wildman–Crippen LogP) is 5.52. The van der Waals surface area contributed by atoms with Crippen molar-refractivity contribution in [3.05, 3.63) is 92.7 Å². The fourth-order valence-corrected chi connectivity index (χ4v) is 4.47. The van der Waals surface area contributed by atoms with Crippen molar-refractivity contribution in [3.8, 4) is 17.5 Å². The molecule has 0 aliphatic rings. The largest absolute Gasteiger partial charge is 0.495 e. The molecular formula is C24H18ClN3O2S. The smallest absolute Gasteiger partial charge is 0.266 e. The van der Waals surface area contributed by atoms with E-state index in [9.17, 15) is 10.1 Å². The Labute approximate surface area is 188 Å². The first-order valence-electron chi connectivity index (χ1n) is 9.50. The van der Waals surface area contributed by atoms with Crippen molar-refractivity contribution in [1.82, 2.24) is 9.55 Å². The van der Waals surface area contributed by atoms with Crippen molar-refractivity contribution < 1.29 is 4.74 Å². The molecular weight excluding hydrogens is 430 g/mol. The van der Waals surface area contributed by atoms with Gasteiger partial charge >= 0.3 is 0 Å². The number of benzene rings is 3. The molecule has 0 aliphatic heterocycles. The lowest BCUT2D eigenvalue weighted by Gasteiger charge is -2.17. The molecule has 4 rings (SSSR count). The van der Waals surface area contributed by atoms with Crippen LogP contribution in [0.5, 0.6) is 5.75 Å². The number of ether oxygens (including phenoxy) is 1. The molecule has 5 nitrogen and oxygen atoms in total. The van der Waals surface area contributed by atoms with Gasteiger partial charge in [-0.25, -0.2) is 4.98 Å². The number of hydrogen-bond donors (Lipinski definition) is 0. The second-order valence-corrected chi connectivity index (χ2v) is 8.23. The molecule has 0 N–H and O–H groups in total. The van der Waals surface area contributed by atoms with Crippen LogP contribution in [-0.4, -0.2) is 16.7 Å². The van der Waals surface area contributed by atoms with Crippen molar-refractivity contribution in [2.75, 3.05) is 7.11 Å². The topological polar surface area (TPSA) is 67.9 Å². The summed E-state index contributed by atoms with van der Waals surface area (Å²) in [7, 11) is 1.54. The third-order valence-corrected chi connectivity index (χ3v) is 6.34. The van der Waals surface area contributed by atoms with Gasteiger partial charge in [-0.05, 0) is 42.3 Å². The number of methoxy groups -OCH3 is 1. The Morgan fingerprint density at radius 2 is 1.90 bits per heavy atom. The molecule has 3 aromatic carbocycles. The number of nitriles is 1. The summed E-state index contributed by atoms with van der Waals surface area (Å²) in [5.74, 6) is 0.970. The molecule has 154 valence electrons. The van der Waals surface area contributed by atoms with Crippen LogP contribution >= 0.6 is 23.4 Å². The molecule has 0 fully saturated rings. The SMILES string of the molecule is COc1cc(Cl)c(C)cc1-n1c(SCc2ccccc2C#N)nc2ccccc2c1=O. The second kappa shape index (κ2) is 8.84. The summed E-state index contributed by atoms with van der Waals surface area (Å²) in [4.78, 5) is 18.3. The maximum Gasteiger partial charge on any atom is 0.266 e. The van der Waals surface area contributed by atoms with Gasteiger partial charge in [-0.2, -0.15) is 5.26 Å². The summed E-state index contributed by atoms with van der Waals surface area (Å²) in [5.41, 5.74) is 3.30. The summed E-state index contributed by atoms with van der Waals surface area (Å²) >= 11 is 7.68. The van der Waals surface area contributed by atoms with E-state index >= 15 is 0 Å². The van der Waals surface area contributed by atoms with Crippen LogP contribution in [0.2, 0.25) is 5.02 Å². The number of aromatic nitrogens is 2. The molecule has 0 saturated heterocycles. The summed E-state index contributed by atoms with van der Waals surface area (Å²) in [5, 5.41) is 11.0. The number of thioether (sulfide) groups is 1. The average molecular weight is 448 g/mol. The number of fused-ring (bicyclic) bond motifs is 1. The molecule has 1 aromatic heterocycles. The molecule has 0 radical (unpaired) electrons. The zero-order valence-electron chi connectivity index (χ0n) is 16.9. The van der Waals surface area contributed by atoms with E-state index in [0.29, 0.717) is 43.8 Å². The number of aryl methyl sites for hydroxylation is 1. The van der Waals surface area contributed by atoms with Crippen LogP contribution in [0, 0.1) is 18.3 Å². The lowest BCUT2D eigenvalue weighted by molar-refractivity contribution is 0.411. The molecule has 0 saturated carbocycles. The predicted molar refractivity (Wildman–Crippen MR) is 124 cm³/mol. The fourth-order valence-electron chi connectivity index (χ4n) is 3.31. The lowest BCUT2D eigenvalue weighted by Crippen LogP contribution is -2.22. The van der Waals surface area contributed by atoms with Gasteiger partial charge in [0.15, 0.2) is 5.16 Å². The van der Waals surface area contributed by atoms with Crippen LogP contribution in [0.4, 0.5) is 0 Å². The van der Waals surface area contributed by atoms with Gasteiger partial charge in [0, 0.05) is 16.8 Å². The van der Waals surface area contributed by atoms with E-state index in [1.54, 1.807) is 29.9 Å². The van der Waals surface area contributed by atoms with E-state index in [4.69, 9.17) is 21.3 Å². The highest BCUT2D eigenvalue weighted by Crippen LogP contribution is 2.33. The molecule has 1 heterocycles. The monoisotopic (exact) mass is 447 g/mol. The minimum Gasteiger partial charge on any atom is -0.495 e. The quantitative estimate of drug-likeness (QED) is 0.297. The Bertz CT molecular complexity index is 1390. The summed E-state index contributed by atoms with van der Waals surface area (Å²) in [6.45, 7) is 1.88. The van der Waals surface area contributed by atoms with Crippen molar-refractivity contribution in [1.29, 1.82) is 5.26 Å². The highest BCUT2D eigenvalue weighted by Gasteiger charge is 2.18. The number of nitrogens with zero attached hydrogens (tertiary/aromatic N) is 3. The molecule has 0 aliphatic carbocycles. The van der Waals surface area contributed by atoms with E-state index in [-0.39, 0.29) is 5.56 Å². The number of hydrogen-bond acceptors (Lipinski definition) is 5. The van der Waals surface area contributed by atoms with Crippen LogP contribution in [0.1, 0.15) is 16.7 Å². The van der Waals surface area contributed by atoms with Crippen molar-refractivity contribution in [2.24, 2.45) is 0 Å². The summed E-state index contributed by atoms with van der Waals surface area (Å²) in [6, 6.07) is 20.4. The van der Waals surface area contributed by atoms with Crippen molar-refractivity contribution in [3.63, 3.8) is 0 Å². The fraction of sp³-hybridized carbons (Fsp3) is 0.125. The average Bonchev–Trinajstić information content (AvgIpc) is 2.79. The molecule has 31 heavy (non-hydrogen) atoms. The number of rotatable bonds is 5. The van der Waals surface area contributed by atoms with E-state index < -0.39 is 0 Å². The third-order valence-electron chi connectivity index (χ3n) is 4.94. The molecule has 0 amide bonds. The molecule has 7 heteroatoms. The van der Waals surface area contributed by atoms with E-state index in [1.807, 2.05) is 49.4 Å². The van der Waals surface area contributed by atoms with Crippen molar-refractivity contribution >= 4 is 34.3 Å². The van der Waals surface area contributed by atoms with Crippen LogP contribution < -0.4 is 10.3 Å². The van der Waals surface area contributed by atoms with E-state index in [1.165, 1.54) is 11.8 Å². The van der Waals surface area contributed by atoms with Gasteiger partial charge in [-0.15, -0.1) is 0 Å². The maximum absolute atomic E-state index is 13.5. The standard InChI is InChI=1S/C24H18ClN3O2S/c1-15-11-21(22(30-2)12-19(15)25)28-23(29)18-9-5-6-10-20(18)27-24(28)31-14-17-8-4-3-7-16(17)13-26/h3-12H,14H2,1-2H3. The third kappa shape index (κ3) is 4.02. The Kier molecular flexibility index (Phi) is 5.99. The van der Waals surface area contributed by atoms with E-state index in [0.717, 1.165) is 11.1 Å². The zero-order valence-corrected chi connectivity index (χ0v) is 18.5. The van der Waals surface area contributed by atoms with Crippen LogP contribution in [0.15, 0.2) is 70.6 Å². The Balaban J connectivity index is 1.92. The first-order valence-corrected chi connectivity index (χ1v) is 10.9. The zero-order chi connectivity index (χ0) is 22.0. The minimum absolute atomic E-state index is 0.193. The normalized spacial score (nSPS) is 10.8. The Hall–Kier alpha value is -3.27. The summed E-state index contributed by atoms with van der Waals surface area (Å²) in [6.07, 6.45) is 0. The Morgan fingerprint density at radius 1 is 1.16 bits per heavy atom. The minimum atomic E-state index is -0.193. The van der Waals surface area contributed by atoms with Crippen LogP contribution in [0.25, 0.3) is 16.6 Å². The first kappa shape index (κ1) is 21.0. The number of halogens is 1. The van der Waals surface area contributed by atoms with Gasteiger partial charge in [-0.1, -0.05) is 53.7 Å². The highest BCUT2D eigenvalue weighted by atomic mass is 35.5. The van der Waals surface area contributed by atoms with Gasteiger partial charge < -0.3 is 4.74 Å². The highest BCUT2D eigenvalue weighted by molar-refractivity contribution is 7.98. The molecule has 0 unspecified atom stereocenters. The molecule has 0 atom stereocenters.